The normalized spacial score (nSPS) is 21.3. The molecule has 2 fully saturated rings. The molecule has 0 radical (unpaired) electrons. The average molecular weight is 388 g/mol. The van der Waals surface area contributed by atoms with Gasteiger partial charge in [0.2, 0.25) is 0 Å². The first-order chi connectivity index (χ1) is 13.7. The molecule has 1 aromatic carbocycles. The standard InChI is InChI=1S/C23H33NO4/c25-22(28-19-20-11-4-1-5-12-20)27-18-10-17-23(15-8-3-9-16-23)24(26)21-13-6-2-7-14-21/h1,4-5,10-12,17,21,24H,2-3,6-9,13-16,18-19H2. The van der Waals surface area contributed by atoms with E-state index >= 15 is 0 Å². The molecule has 1 atom stereocenters. The maximum absolute atomic E-state index is 13.3. The molecule has 0 aliphatic heterocycles. The highest BCUT2D eigenvalue weighted by Crippen LogP contribution is 2.28. The van der Waals surface area contributed by atoms with Gasteiger partial charge in [-0.05, 0) is 56.2 Å². The Morgan fingerprint density at radius 3 is 2.43 bits per heavy atom. The topological polar surface area (TPSA) is 63.0 Å². The summed E-state index contributed by atoms with van der Waals surface area (Å²) in [5, 5.41) is 13.7. The quantitative estimate of drug-likeness (QED) is 0.430. The molecule has 154 valence electrons. The van der Waals surface area contributed by atoms with Crippen LogP contribution in [0.25, 0.3) is 0 Å². The SMILES string of the molecule is O=C(OCC=CC1([NH+]([O-])C2CCCCC2)CCCCC1)OCc1ccccc1. The summed E-state index contributed by atoms with van der Waals surface area (Å²) in [6.07, 6.45) is 14.1. The van der Waals surface area contributed by atoms with E-state index in [0.717, 1.165) is 44.1 Å². The maximum Gasteiger partial charge on any atom is 0.508 e. The lowest BCUT2D eigenvalue weighted by molar-refractivity contribution is -0.925. The molecule has 0 spiro atoms. The minimum atomic E-state index is -0.676. The van der Waals surface area contributed by atoms with Crippen LogP contribution in [0.4, 0.5) is 4.79 Å². The fourth-order valence-corrected chi connectivity index (χ4v) is 4.60. The molecule has 1 N–H and O–H groups in total. The van der Waals surface area contributed by atoms with Crippen molar-refractivity contribution in [3.63, 3.8) is 0 Å². The molecule has 5 nitrogen and oxygen atoms in total. The van der Waals surface area contributed by atoms with Crippen LogP contribution in [0, 0.1) is 5.21 Å². The van der Waals surface area contributed by atoms with Gasteiger partial charge >= 0.3 is 6.16 Å². The third kappa shape index (κ3) is 5.82. The molecule has 2 aliphatic rings. The van der Waals surface area contributed by atoms with Gasteiger partial charge in [-0.25, -0.2) is 4.79 Å². The van der Waals surface area contributed by atoms with E-state index in [2.05, 4.69) is 0 Å². The molecule has 0 amide bonds. The molecule has 1 unspecified atom stereocenters. The second-order valence-electron chi connectivity index (χ2n) is 8.15. The van der Waals surface area contributed by atoms with Gasteiger partial charge in [0.05, 0.1) is 6.04 Å². The van der Waals surface area contributed by atoms with Crippen LogP contribution in [-0.2, 0) is 16.1 Å². The highest BCUT2D eigenvalue weighted by Gasteiger charge is 2.39. The van der Waals surface area contributed by atoms with E-state index in [1.54, 1.807) is 0 Å². The number of benzene rings is 1. The van der Waals surface area contributed by atoms with Crippen molar-refractivity contribution < 1.29 is 19.3 Å². The van der Waals surface area contributed by atoms with Crippen molar-refractivity contribution in [1.29, 1.82) is 0 Å². The van der Waals surface area contributed by atoms with Gasteiger partial charge < -0.3 is 19.7 Å². The molecule has 28 heavy (non-hydrogen) atoms. The fourth-order valence-electron chi connectivity index (χ4n) is 4.60. The summed E-state index contributed by atoms with van der Waals surface area (Å²) in [5.74, 6) is 0. The molecular formula is C23H33NO4. The van der Waals surface area contributed by atoms with Crippen molar-refractivity contribution >= 4 is 6.16 Å². The molecule has 0 aromatic heterocycles. The zero-order valence-corrected chi connectivity index (χ0v) is 16.7. The molecule has 0 bridgehead atoms. The number of rotatable bonds is 7. The van der Waals surface area contributed by atoms with Gasteiger partial charge in [0.15, 0.2) is 0 Å². The minimum absolute atomic E-state index is 0.146. The summed E-state index contributed by atoms with van der Waals surface area (Å²) < 4.78 is 10.3. The van der Waals surface area contributed by atoms with Gasteiger partial charge in [-0.2, -0.15) is 0 Å². The van der Waals surface area contributed by atoms with Crippen LogP contribution in [-0.4, -0.2) is 24.3 Å². The molecule has 1 aromatic rings. The van der Waals surface area contributed by atoms with Crippen molar-refractivity contribution in [3.05, 3.63) is 53.3 Å². The Morgan fingerprint density at radius 1 is 1.04 bits per heavy atom. The fraction of sp³-hybridized carbons (Fsp3) is 0.609. The first kappa shape index (κ1) is 20.9. The Bertz CT molecular complexity index is 619. The summed E-state index contributed by atoms with van der Waals surface area (Å²) in [6.45, 7) is 0.348. The lowest BCUT2D eigenvalue weighted by atomic mass is 9.79. The van der Waals surface area contributed by atoms with Crippen molar-refractivity contribution in [2.24, 2.45) is 0 Å². The van der Waals surface area contributed by atoms with Gasteiger partial charge in [0.25, 0.3) is 0 Å². The van der Waals surface area contributed by atoms with E-state index in [9.17, 15) is 10.0 Å². The van der Waals surface area contributed by atoms with Gasteiger partial charge in [0, 0.05) is 12.8 Å². The lowest BCUT2D eigenvalue weighted by Crippen LogP contribution is -3.19. The number of nitrogens with one attached hydrogen (secondary N) is 1. The average Bonchev–Trinajstić information content (AvgIpc) is 2.77. The van der Waals surface area contributed by atoms with Gasteiger partial charge in [-0.1, -0.05) is 43.2 Å². The van der Waals surface area contributed by atoms with E-state index in [-0.39, 0.29) is 24.8 Å². The predicted octanol–water partition coefficient (Wildman–Crippen LogP) is 4.31. The summed E-state index contributed by atoms with van der Waals surface area (Å²) in [6, 6.07) is 9.74. The number of carbonyl (C=O) groups excluding carboxylic acids is 1. The van der Waals surface area contributed by atoms with Gasteiger partial charge in [-0.3, -0.25) is 0 Å². The number of hydrogen-bond donors (Lipinski definition) is 1. The van der Waals surface area contributed by atoms with Crippen LogP contribution in [0.3, 0.4) is 0 Å². The van der Waals surface area contributed by atoms with Crippen molar-refractivity contribution in [3.8, 4) is 0 Å². The number of hydrogen-bond acceptors (Lipinski definition) is 4. The van der Waals surface area contributed by atoms with E-state index in [0.29, 0.717) is 5.06 Å². The third-order valence-electron chi connectivity index (χ3n) is 6.15. The highest BCUT2D eigenvalue weighted by atomic mass is 16.7. The monoisotopic (exact) mass is 387 g/mol. The minimum Gasteiger partial charge on any atom is -0.633 e. The first-order valence-electron chi connectivity index (χ1n) is 10.8. The molecule has 0 heterocycles. The molecule has 2 saturated carbocycles. The molecule has 5 heteroatoms. The maximum atomic E-state index is 13.3. The van der Waals surface area contributed by atoms with Gasteiger partial charge in [-0.15, -0.1) is 0 Å². The van der Waals surface area contributed by atoms with E-state index in [4.69, 9.17) is 9.47 Å². The van der Waals surface area contributed by atoms with Gasteiger partial charge in [0.1, 0.15) is 18.8 Å². The highest BCUT2D eigenvalue weighted by molar-refractivity contribution is 5.60. The van der Waals surface area contributed by atoms with Crippen LogP contribution in [0.15, 0.2) is 42.5 Å². The van der Waals surface area contributed by atoms with Crippen LogP contribution in [0.2, 0.25) is 0 Å². The second kappa shape index (κ2) is 10.6. The van der Waals surface area contributed by atoms with E-state index in [1.807, 2.05) is 42.5 Å². The zero-order valence-electron chi connectivity index (χ0n) is 16.7. The lowest BCUT2D eigenvalue weighted by Gasteiger charge is -2.49. The van der Waals surface area contributed by atoms with Crippen LogP contribution >= 0.6 is 0 Å². The Kier molecular flexibility index (Phi) is 7.92. The second-order valence-corrected chi connectivity index (χ2v) is 8.15. The molecule has 0 saturated heterocycles. The van der Waals surface area contributed by atoms with Crippen molar-refractivity contribution in [2.75, 3.05) is 6.61 Å². The Hall–Kier alpha value is -1.85. The molecular weight excluding hydrogens is 354 g/mol. The van der Waals surface area contributed by atoms with Crippen LogP contribution in [0.1, 0.15) is 69.8 Å². The Morgan fingerprint density at radius 2 is 1.71 bits per heavy atom. The van der Waals surface area contributed by atoms with Crippen molar-refractivity contribution in [1.82, 2.24) is 0 Å². The predicted molar refractivity (Wildman–Crippen MR) is 109 cm³/mol. The summed E-state index contributed by atoms with van der Waals surface area (Å²) in [4.78, 5) is 11.8. The number of quaternary nitrogens is 1. The largest absolute Gasteiger partial charge is 0.633 e. The summed E-state index contributed by atoms with van der Waals surface area (Å²) >= 11 is 0. The molecule has 2 aliphatic carbocycles. The number of ether oxygens (including phenoxy) is 2. The Labute approximate surface area is 168 Å². The summed E-state index contributed by atoms with van der Waals surface area (Å²) in [5.41, 5.74) is 0.576. The summed E-state index contributed by atoms with van der Waals surface area (Å²) in [7, 11) is 0. The number of hydroxylamine groups is 2. The Balaban J connectivity index is 1.49. The smallest absolute Gasteiger partial charge is 0.508 e. The van der Waals surface area contributed by atoms with E-state index in [1.165, 1.54) is 25.7 Å². The van der Waals surface area contributed by atoms with Crippen LogP contribution < -0.4 is 5.06 Å². The van der Waals surface area contributed by atoms with Crippen LogP contribution in [0.5, 0.6) is 0 Å². The molecule has 3 rings (SSSR count). The van der Waals surface area contributed by atoms with E-state index < -0.39 is 6.16 Å². The zero-order chi connectivity index (χ0) is 19.7. The number of carbonyl (C=O) groups is 1. The van der Waals surface area contributed by atoms with Crippen molar-refractivity contribution in [2.45, 2.75) is 82.4 Å². The first-order valence-corrected chi connectivity index (χ1v) is 10.8. The third-order valence-corrected chi connectivity index (χ3v) is 6.15.